The fourth-order valence-corrected chi connectivity index (χ4v) is 2.77. The second kappa shape index (κ2) is 4.09. The molecule has 0 spiro atoms. The second-order valence-corrected chi connectivity index (χ2v) is 4.93. The minimum Gasteiger partial charge on any atom is -0.245 e. The molecule has 0 atom stereocenters. The molecule has 0 saturated carbocycles. The minimum atomic E-state index is -0.304. The van der Waals surface area contributed by atoms with E-state index in [9.17, 15) is 4.39 Å². The maximum absolute atomic E-state index is 13.8. The summed E-state index contributed by atoms with van der Waals surface area (Å²) in [5, 5.41) is 0.425. The molecule has 0 saturated heterocycles. The van der Waals surface area contributed by atoms with Crippen LogP contribution in [0, 0.1) is 5.82 Å². The molecular formula is C13H7ClFNS. The Bertz CT molecular complexity index is 672. The van der Waals surface area contributed by atoms with Gasteiger partial charge in [0.1, 0.15) is 5.82 Å². The van der Waals surface area contributed by atoms with Crippen LogP contribution in [0.2, 0.25) is 5.02 Å². The zero-order valence-corrected chi connectivity index (χ0v) is 10.2. The van der Waals surface area contributed by atoms with Gasteiger partial charge in [0.2, 0.25) is 0 Å². The predicted octanol–water partition coefficient (Wildman–Crippen LogP) is 4.76. The van der Waals surface area contributed by atoms with Crippen molar-refractivity contribution in [3.63, 3.8) is 0 Å². The first-order valence-corrected chi connectivity index (χ1v) is 6.29. The molecule has 84 valence electrons. The number of hydrogen-bond donors (Lipinski definition) is 0. The number of nitrogens with zero attached hydrogens (tertiary/aromatic N) is 1. The van der Waals surface area contributed by atoms with Gasteiger partial charge >= 0.3 is 0 Å². The van der Waals surface area contributed by atoms with Crippen molar-refractivity contribution < 1.29 is 4.39 Å². The van der Waals surface area contributed by atoms with Crippen molar-refractivity contribution in [2.24, 2.45) is 0 Å². The lowest BCUT2D eigenvalue weighted by atomic mass is 10.1. The van der Waals surface area contributed by atoms with Crippen molar-refractivity contribution in [1.29, 1.82) is 0 Å². The maximum atomic E-state index is 13.8. The Morgan fingerprint density at radius 2 is 2.06 bits per heavy atom. The highest BCUT2D eigenvalue weighted by Gasteiger charge is 2.10. The monoisotopic (exact) mass is 263 g/mol. The first-order chi connectivity index (χ1) is 8.25. The molecule has 0 fully saturated rings. The molecule has 0 aliphatic rings. The summed E-state index contributed by atoms with van der Waals surface area (Å²) in [5.41, 5.74) is 3.93. The van der Waals surface area contributed by atoms with E-state index in [2.05, 4.69) is 4.98 Å². The highest BCUT2D eigenvalue weighted by atomic mass is 35.5. The predicted molar refractivity (Wildman–Crippen MR) is 70.0 cm³/mol. The maximum Gasteiger partial charge on any atom is 0.132 e. The van der Waals surface area contributed by atoms with E-state index in [1.54, 1.807) is 17.6 Å². The van der Waals surface area contributed by atoms with Crippen LogP contribution >= 0.6 is 22.9 Å². The van der Waals surface area contributed by atoms with Gasteiger partial charge in [-0.15, -0.1) is 11.3 Å². The number of benzene rings is 2. The number of thiazole rings is 1. The molecule has 4 heteroatoms. The van der Waals surface area contributed by atoms with Crippen LogP contribution in [0.5, 0.6) is 0 Å². The molecule has 2 aromatic carbocycles. The van der Waals surface area contributed by atoms with Gasteiger partial charge < -0.3 is 0 Å². The first kappa shape index (κ1) is 10.7. The second-order valence-electron chi connectivity index (χ2n) is 3.63. The highest BCUT2D eigenvalue weighted by molar-refractivity contribution is 7.16. The Hall–Kier alpha value is -1.45. The Kier molecular flexibility index (Phi) is 2.57. The summed E-state index contributed by atoms with van der Waals surface area (Å²) >= 11 is 7.57. The van der Waals surface area contributed by atoms with E-state index in [4.69, 9.17) is 11.6 Å². The van der Waals surface area contributed by atoms with Gasteiger partial charge in [-0.3, -0.25) is 0 Å². The third-order valence-electron chi connectivity index (χ3n) is 2.58. The molecule has 0 amide bonds. The third kappa shape index (κ3) is 1.81. The van der Waals surface area contributed by atoms with Crippen molar-refractivity contribution in [2.45, 2.75) is 0 Å². The van der Waals surface area contributed by atoms with Crippen molar-refractivity contribution in [3.8, 4) is 11.1 Å². The average molecular weight is 264 g/mol. The van der Waals surface area contributed by atoms with Crippen LogP contribution in [0.25, 0.3) is 21.3 Å². The van der Waals surface area contributed by atoms with Gasteiger partial charge in [0.05, 0.1) is 20.7 Å². The summed E-state index contributed by atoms with van der Waals surface area (Å²) in [5.74, 6) is -0.304. The number of hydrogen-bond acceptors (Lipinski definition) is 2. The smallest absolute Gasteiger partial charge is 0.132 e. The zero-order chi connectivity index (χ0) is 11.8. The SMILES string of the molecule is Fc1cccc(Cl)c1-c1ccc2ncsc2c1. The zero-order valence-electron chi connectivity index (χ0n) is 8.65. The quantitative estimate of drug-likeness (QED) is 0.617. The highest BCUT2D eigenvalue weighted by Crippen LogP contribution is 2.33. The summed E-state index contributed by atoms with van der Waals surface area (Å²) in [6, 6.07) is 10.3. The number of rotatable bonds is 1. The molecule has 0 radical (unpaired) electrons. The van der Waals surface area contributed by atoms with Crippen molar-refractivity contribution in [2.75, 3.05) is 0 Å². The minimum absolute atomic E-state index is 0.304. The van der Waals surface area contributed by atoms with Crippen LogP contribution in [-0.2, 0) is 0 Å². The van der Waals surface area contributed by atoms with Gasteiger partial charge in [-0.2, -0.15) is 0 Å². The van der Waals surface area contributed by atoms with Crippen LogP contribution in [0.15, 0.2) is 41.9 Å². The van der Waals surface area contributed by atoms with Crippen LogP contribution in [0.1, 0.15) is 0 Å². The lowest BCUT2D eigenvalue weighted by molar-refractivity contribution is 0.631. The Labute approximate surface area is 106 Å². The van der Waals surface area contributed by atoms with Crippen molar-refractivity contribution in [3.05, 3.63) is 52.7 Å². The molecule has 0 aliphatic heterocycles. The average Bonchev–Trinajstić information content (AvgIpc) is 2.76. The standard InChI is InChI=1S/C13H7ClFNS/c14-9-2-1-3-10(15)13(9)8-4-5-11-12(6-8)17-7-16-11/h1-7H. The van der Waals surface area contributed by atoms with Crippen molar-refractivity contribution in [1.82, 2.24) is 4.98 Å². The first-order valence-electron chi connectivity index (χ1n) is 5.03. The molecule has 3 aromatic rings. The number of aromatic nitrogens is 1. The Morgan fingerprint density at radius 1 is 1.18 bits per heavy atom. The number of fused-ring (bicyclic) bond motifs is 1. The van der Waals surface area contributed by atoms with E-state index in [1.807, 2.05) is 18.2 Å². The van der Waals surface area contributed by atoms with E-state index in [1.165, 1.54) is 17.4 Å². The lowest BCUT2D eigenvalue weighted by Crippen LogP contribution is -1.85. The Balaban J connectivity index is 2.26. The van der Waals surface area contributed by atoms with Gasteiger partial charge in [-0.1, -0.05) is 23.7 Å². The van der Waals surface area contributed by atoms with Gasteiger partial charge in [-0.05, 0) is 29.8 Å². The van der Waals surface area contributed by atoms with E-state index < -0.39 is 0 Å². The summed E-state index contributed by atoms with van der Waals surface area (Å²) in [7, 11) is 0. The molecule has 0 unspecified atom stereocenters. The van der Waals surface area contributed by atoms with E-state index >= 15 is 0 Å². The van der Waals surface area contributed by atoms with Crippen LogP contribution < -0.4 is 0 Å². The largest absolute Gasteiger partial charge is 0.245 e. The summed E-state index contributed by atoms with van der Waals surface area (Å²) < 4.78 is 14.8. The number of halogens is 2. The van der Waals surface area contributed by atoms with Crippen LogP contribution in [-0.4, -0.2) is 4.98 Å². The Morgan fingerprint density at radius 3 is 2.88 bits per heavy atom. The summed E-state index contributed by atoms with van der Waals surface area (Å²) in [6.45, 7) is 0. The van der Waals surface area contributed by atoms with E-state index in [0.717, 1.165) is 15.8 Å². The molecule has 0 N–H and O–H groups in total. The fraction of sp³-hybridized carbons (Fsp3) is 0. The van der Waals surface area contributed by atoms with Crippen molar-refractivity contribution >= 4 is 33.2 Å². The van der Waals surface area contributed by atoms with E-state index in [0.29, 0.717) is 10.6 Å². The van der Waals surface area contributed by atoms with E-state index in [-0.39, 0.29) is 5.82 Å². The lowest BCUT2D eigenvalue weighted by Gasteiger charge is -2.05. The molecular weight excluding hydrogens is 257 g/mol. The van der Waals surface area contributed by atoms with Crippen LogP contribution in [0.3, 0.4) is 0 Å². The van der Waals surface area contributed by atoms with Gasteiger partial charge in [-0.25, -0.2) is 9.37 Å². The molecule has 0 bridgehead atoms. The topological polar surface area (TPSA) is 12.9 Å². The fourth-order valence-electron chi connectivity index (χ4n) is 1.78. The normalized spacial score (nSPS) is 10.9. The van der Waals surface area contributed by atoms with Gasteiger partial charge in [0.15, 0.2) is 0 Å². The molecule has 1 heterocycles. The molecule has 3 rings (SSSR count). The summed E-state index contributed by atoms with van der Waals surface area (Å²) in [6.07, 6.45) is 0. The van der Waals surface area contributed by atoms with Gasteiger partial charge in [0, 0.05) is 5.56 Å². The molecule has 0 aliphatic carbocycles. The summed E-state index contributed by atoms with van der Waals surface area (Å²) in [4.78, 5) is 4.19. The third-order valence-corrected chi connectivity index (χ3v) is 3.69. The van der Waals surface area contributed by atoms with Crippen LogP contribution in [0.4, 0.5) is 4.39 Å². The van der Waals surface area contributed by atoms with Gasteiger partial charge in [0.25, 0.3) is 0 Å². The molecule has 1 aromatic heterocycles. The molecule has 17 heavy (non-hydrogen) atoms. The molecule has 1 nitrogen and oxygen atoms in total.